The van der Waals surface area contributed by atoms with Crippen LogP contribution < -0.4 is 11.1 Å². The zero-order valence-corrected chi connectivity index (χ0v) is 12.8. The van der Waals surface area contributed by atoms with Gasteiger partial charge in [0.25, 0.3) is 0 Å². The second-order valence-electron chi connectivity index (χ2n) is 5.38. The number of rotatable bonds is 4. The lowest BCUT2D eigenvalue weighted by Crippen LogP contribution is -2.53. The van der Waals surface area contributed by atoms with Crippen LogP contribution in [0.15, 0.2) is 30.3 Å². The van der Waals surface area contributed by atoms with Gasteiger partial charge in [-0.25, -0.2) is 0 Å². The van der Waals surface area contributed by atoms with Gasteiger partial charge in [0.2, 0.25) is 5.91 Å². The standard InChI is InChI=1S/C15H22N2O2.ClH/c1-11(13-9-6-10-19-13)17-14(18)15(2,16)12-7-4-3-5-8-12;/h3-5,7-8,11,13H,6,9-10,16H2,1-2H3,(H,17,18);1H. The lowest BCUT2D eigenvalue weighted by molar-refractivity contribution is -0.127. The zero-order valence-electron chi connectivity index (χ0n) is 12.0. The van der Waals surface area contributed by atoms with Crippen LogP contribution in [0.1, 0.15) is 32.3 Å². The molecule has 1 aromatic rings. The molecular weight excluding hydrogens is 276 g/mol. The first-order valence-corrected chi connectivity index (χ1v) is 6.79. The molecule has 3 unspecified atom stereocenters. The van der Waals surface area contributed by atoms with Crippen molar-refractivity contribution in [2.75, 3.05) is 6.61 Å². The molecule has 5 heteroatoms. The molecule has 1 fully saturated rings. The van der Waals surface area contributed by atoms with E-state index >= 15 is 0 Å². The number of nitrogens with two attached hydrogens (primary N) is 1. The van der Waals surface area contributed by atoms with E-state index in [0.717, 1.165) is 25.0 Å². The number of hydrogen-bond acceptors (Lipinski definition) is 3. The molecule has 3 atom stereocenters. The normalized spacial score (nSPS) is 22.4. The highest BCUT2D eigenvalue weighted by molar-refractivity contribution is 5.87. The fourth-order valence-electron chi connectivity index (χ4n) is 2.36. The fourth-order valence-corrected chi connectivity index (χ4v) is 2.36. The van der Waals surface area contributed by atoms with Gasteiger partial charge in [-0.05, 0) is 32.3 Å². The molecule has 0 spiro atoms. The molecule has 0 aromatic heterocycles. The number of nitrogens with one attached hydrogen (secondary N) is 1. The minimum Gasteiger partial charge on any atom is -0.376 e. The fraction of sp³-hybridized carbons (Fsp3) is 0.533. The Kier molecular flexibility index (Phi) is 5.99. The van der Waals surface area contributed by atoms with E-state index in [2.05, 4.69) is 5.32 Å². The summed E-state index contributed by atoms with van der Waals surface area (Å²) in [5, 5.41) is 2.97. The van der Waals surface area contributed by atoms with Gasteiger partial charge in [0.05, 0.1) is 12.1 Å². The monoisotopic (exact) mass is 298 g/mol. The second-order valence-corrected chi connectivity index (χ2v) is 5.38. The van der Waals surface area contributed by atoms with Crippen molar-refractivity contribution < 1.29 is 9.53 Å². The number of benzene rings is 1. The molecule has 4 nitrogen and oxygen atoms in total. The number of halogens is 1. The van der Waals surface area contributed by atoms with Crippen molar-refractivity contribution in [3.8, 4) is 0 Å². The Morgan fingerprint density at radius 3 is 2.65 bits per heavy atom. The first kappa shape index (κ1) is 17.0. The summed E-state index contributed by atoms with van der Waals surface area (Å²) >= 11 is 0. The van der Waals surface area contributed by atoms with Crippen molar-refractivity contribution >= 4 is 18.3 Å². The van der Waals surface area contributed by atoms with Gasteiger partial charge < -0.3 is 15.8 Å². The Morgan fingerprint density at radius 1 is 1.45 bits per heavy atom. The van der Waals surface area contributed by atoms with Crippen LogP contribution in [0.5, 0.6) is 0 Å². The first-order chi connectivity index (χ1) is 9.01. The number of carbonyl (C=O) groups excluding carboxylic acids is 1. The number of ether oxygens (including phenoxy) is 1. The summed E-state index contributed by atoms with van der Waals surface area (Å²) in [5.41, 5.74) is 5.97. The van der Waals surface area contributed by atoms with Gasteiger partial charge in [0, 0.05) is 6.61 Å². The van der Waals surface area contributed by atoms with E-state index in [1.54, 1.807) is 6.92 Å². The van der Waals surface area contributed by atoms with Crippen molar-refractivity contribution in [3.63, 3.8) is 0 Å². The summed E-state index contributed by atoms with van der Waals surface area (Å²) < 4.78 is 5.58. The first-order valence-electron chi connectivity index (χ1n) is 6.79. The third-order valence-corrected chi connectivity index (χ3v) is 3.73. The largest absolute Gasteiger partial charge is 0.376 e. The Bertz CT molecular complexity index is 431. The summed E-state index contributed by atoms with van der Waals surface area (Å²) in [7, 11) is 0. The van der Waals surface area contributed by atoms with Crippen LogP contribution in [0.25, 0.3) is 0 Å². The van der Waals surface area contributed by atoms with E-state index in [4.69, 9.17) is 10.5 Å². The summed E-state index contributed by atoms with van der Waals surface area (Å²) in [5.74, 6) is -0.165. The average Bonchev–Trinajstić information content (AvgIpc) is 2.93. The van der Waals surface area contributed by atoms with Gasteiger partial charge in [-0.15, -0.1) is 12.4 Å². The maximum absolute atomic E-state index is 12.3. The summed E-state index contributed by atoms with van der Waals surface area (Å²) in [6.07, 6.45) is 2.16. The van der Waals surface area contributed by atoms with E-state index < -0.39 is 5.54 Å². The van der Waals surface area contributed by atoms with E-state index in [1.807, 2.05) is 37.3 Å². The number of carbonyl (C=O) groups is 1. The Balaban J connectivity index is 0.00000200. The maximum atomic E-state index is 12.3. The van der Waals surface area contributed by atoms with Crippen LogP contribution in [0.2, 0.25) is 0 Å². The molecule has 1 saturated heterocycles. The Labute approximate surface area is 126 Å². The molecule has 1 heterocycles. The third-order valence-electron chi connectivity index (χ3n) is 3.73. The van der Waals surface area contributed by atoms with Crippen LogP contribution in [0, 0.1) is 0 Å². The molecule has 1 aliphatic heterocycles. The van der Waals surface area contributed by atoms with Crippen molar-refractivity contribution in [1.29, 1.82) is 0 Å². The minimum absolute atomic E-state index is 0. The highest BCUT2D eigenvalue weighted by atomic mass is 35.5. The predicted octanol–water partition coefficient (Wildman–Crippen LogP) is 1.97. The molecule has 1 aromatic carbocycles. The van der Waals surface area contributed by atoms with E-state index in [-0.39, 0.29) is 30.5 Å². The molecule has 20 heavy (non-hydrogen) atoms. The van der Waals surface area contributed by atoms with Crippen LogP contribution in [-0.2, 0) is 15.1 Å². The molecule has 112 valence electrons. The quantitative estimate of drug-likeness (QED) is 0.893. The number of hydrogen-bond donors (Lipinski definition) is 2. The van der Waals surface area contributed by atoms with Gasteiger partial charge in [-0.1, -0.05) is 30.3 Å². The smallest absolute Gasteiger partial charge is 0.244 e. The SMILES string of the molecule is CC(NC(=O)C(C)(N)c1ccccc1)C1CCCO1.Cl. The Morgan fingerprint density at radius 2 is 2.10 bits per heavy atom. The van der Waals surface area contributed by atoms with Crippen LogP contribution in [0.4, 0.5) is 0 Å². The van der Waals surface area contributed by atoms with Gasteiger partial charge in [-0.2, -0.15) is 0 Å². The lowest BCUT2D eigenvalue weighted by Gasteiger charge is -2.28. The van der Waals surface area contributed by atoms with Crippen molar-refractivity contribution in [2.24, 2.45) is 5.73 Å². The average molecular weight is 299 g/mol. The maximum Gasteiger partial charge on any atom is 0.244 e. The molecule has 0 aliphatic carbocycles. The van der Waals surface area contributed by atoms with E-state index in [9.17, 15) is 4.79 Å². The van der Waals surface area contributed by atoms with Crippen molar-refractivity contribution in [1.82, 2.24) is 5.32 Å². The summed E-state index contributed by atoms with van der Waals surface area (Å²) in [6, 6.07) is 9.41. The minimum atomic E-state index is -1.02. The van der Waals surface area contributed by atoms with E-state index in [1.165, 1.54) is 0 Å². The molecule has 0 saturated carbocycles. The van der Waals surface area contributed by atoms with Gasteiger partial charge in [-0.3, -0.25) is 4.79 Å². The molecular formula is C15H23ClN2O2. The van der Waals surface area contributed by atoms with Crippen LogP contribution in [0.3, 0.4) is 0 Å². The van der Waals surface area contributed by atoms with Gasteiger partial charge in [0.1, 0.15) is 5.54 Å². The molecule has 0 radical (unpaired) electrons. The molecule has 3 N–H and O–H groups in total. The third kappa shape index (κ3) is 3.72. The Hall–Kier alpha value is -1.10. The van der Waals surface area contributed by atoms with Crippen molar-refractivity contribution in [3.05, 3.63) is 35.9 Å². The summed E-state index contributed by atoms with van der Waals surface area (Å²) in [6.45, 7) is 4.48. The second kappa shape index (κ2) is 7.07. The molecule has 0 bridgehead atoms. The lowest BCUT2D eigenvalue weighted by atomic mass is 9.92. The highest BCUT2D eigenvalue weighted by Crippen LogP contribution is 2.20. The van der Waals surface area contributed by atoms with Gasteiger partial charge >= 0.3 is 0 Å². The molecule has 1 aliphatic rings. The van der Waals surface area contributed by atoms with Gasteiger partial charge in [0.15, 0.2) is 0 Å². The molecule has 2 rings (SSSR count). The highest BCUT2D eigenvalue weighted by Gasteiger charge is 2.33. The predicted molar refractivity (Wildman–Crippen MR) is 81.8 cm³/mol. The summed E-state index contributed by atoms with van der Waals surface area (Å²) in [4.78, 5) is 12.3. The number of amides is 1. The topological polar surface area (TPSA) is 64.4 Å². The molecule has 1 amide bonds. The van der Waals surface area contributed by atoms with Crippen LogP contribution >= 0.6 is 12.4 Å². The zero-order chi connectivity index (χ0) is 13.9. The van der Waals surface area contributed by atoms with Crippen molar-refractivity contribution in [2.45, 2.75) is 44.4 Å². The van der Waals surface area contributed by atoms with Crippen LogP contribution in [-0.4, -0.2) is 24.7 Å². The van der Waals surface area contributed by atoms with E-state index in [0.29, 0.717) is 0 Å².